The summed E-state index contributed by atoms with van der Waals surface area (Å²) in [4.78, 5) is 16.4. The second kappa shape index (κ2) is 2.85. The molecule has 0 bridgehead atoms. The second-order valence-corrected chi connectivity index (χ2v) is 3.93. The van der Waals surface area contributed by atoms with E-state index in [1.54, 1.807) is 4.90 Å². The molecule has 4 heteroatoms. The zero-order chi connectivity index (χ0) is 10.3. The van der Waals surface area contributed by atoms with E-state index in [4.69, 9.17) is 0 Å². The van der Waals surface area contributed by atoms with Gasteiger partial charge in [-0.25, -0.2) is 0 Å². The molecule has 1 saturated heterocycles. The lowest BCUT2D eigenvalue weighted by Gasteiger charge is -2.31. The van der Waals surface area contributed by atoms with Crippen LogP contribution in [0.4, 0.5) is 0 Å². The highest BCUT2D eigenvalue weighted by molar-refractivity contribution is 5.81. The van der Waals surface area contributed by atoms with E-state index in [2.05, 4.69) is 10.3 Å². The van der Waals surface area contributed by atoms with E-state index in [9.17, 15) is 4.79 Å². The Balaban J connectivity index is 2.38. The molecule has 76 valence electrons. The third-order valence-corrected chi connectivity index (χ3v) is 2.99. The molecule has 2 N–H and O–H groups in total. The van der Waals surface area contributed by atoms with E-state index in [0.29, 0.717) is 6.54 Å². The predicted octanol–water partition coefficient (Wildman–Crippen LogP) is 0.557. The first-order valence-electron chi connectivity index (χ1n) is 4.72. The number of nitrogens with zero attached hydrogens (tertiary/aromatic N) is 1. The Bertz CT molecular complexity index is 371. The molecule has 1 unspecified atom stereocenters. The van der Waals surface area contributed by atoms with Gasteiger partial charge in [0, 0.05) is 12.7 Å². The number of carbonyl (C=O) groups is 1. The second-order valence-electron chi connectivity index (χ2n) is 3.93. The van der Waals surface area contributed by atoms with E-state index in [-0.39, 0.29) is 11.6 Å². The molecule has 1 amide bonds. The van der Waals surface area contributed by atoms with Crippen molar-refractivity contribution < 1.29 is 4.79 Å². The average molecular weight is 193 g/mol. The molecule has 0 aromatic carbocycles. The molecule has 14 heavy (non-hydrogen) atoms. The van der Waals surface area contributed by atoms with Crippen LogP contribution in [0.1, 0.15) is 18.3 Å². The summed E-state index contributed by atoms with van der Waals surface area (Å²) in [7, 11) is 1.82. The molecule has 2 rings (SSSR count). The van der Waals surface area contributed by atoms with Crippen LogP contribution in [0, 0.1) is 6.92 Å². The third-order valence-electron chi connectivity index (χ3n) is 2.99. The van der Waals surface area contributed by atoms with Crippen LogP contribution in [0.3, 0.4) is 0 Å². The van der Waals surface area contributed by atoms with Gasteiger partial charge in [0.1, 0.15) is 5.66 Å². The van der Waals surface area contributed by atoms with Crippen molar-refractivity contribution in [1.29, 1.82) is 0 Å². The number of aromatic nitrogens is 1. The Hall–Kier alpha value is -1.29. The average Bonchev–Trinajstić information content (AvgIpc) is 2.68. The minimum absolute atomic E-state index is 0.125. The molecule has 0 spiro atoms. The number of likely N-dealkylation sites (N-methyl/N-ethyl adjacent to an activating group) is 1. The van der Waals surface area contributed by atoms with Crippen molar-refractivity contribution in [2.24, 2.45) is 0 Å². The van der Waals surface area contributed by atoms with Crippen molar-refractivity contribution in [3.05, 3.63) is 23.5 Å². The van der Waals surface area contributed by atoms with Crippen LogP contribution in [0.15, 0.2) is 12.1 Å². The summed E-state index contributed by atoms with van der Waals surface area (Å²) >= 11 is 0. The van der Waals surface area contributed by atoms with Gasteiger partial charge < -0.3 is 9.88 Å². The quantitative estimate of drug-likeness (QED) is 0.684. The van der Waals surface area contributed by atoms with Crippen molar-refractivity contribution in [2.45, 2.75) is 19.5 Å². The van der Waals surface area contributed by atoms with Crippen molar-refractivity contribution >= 4 is 5.91 Å². The number of amides is 1. The van der Waals surface area contributed by atoms with Crippen LogP contribution in [-0.4, -0.2) is 29.4 Å². The normalized spacial score (nSPS) is 27.4. The number of H-pyrrole nitrogens is 1. The van der Waals surface area contributed by atoms with Crippen LogP contribution in [0.5, 0.6) is 0 Å². The monoisotopic (exact) mass is 193 g/mol. The van der Waals surface area contributed by atoms with Gasteiger partial charge in [0.15, 0.2) is 0 Å². The Labute approximate surface area is 83.3 Å². The van der Waals surface area contributed by atoms with Gasteiger partial charge in [0.2, 0.25) is 5.91 Å². The van der Waals surface area contributed by atoms with Crippen molar-refractivity contribution in [2.75, 3.05) is 13.6 Å². The van der Waals surface area contributed by atoms with Crippen LogP contribution in [-0.2, 0) is 10.5 Å². The molecule has 1 aromatic heterocycles. The Kier molecular flexibility index (Phi) is 1.89. The van der Waals surface area contributed by atoms with E-state index in [0.717, 1.165) is 11.4 Å². The Morgan fingerprint density at radius 1 is 1.50 bits per heavy atom. The van der Waals surface area contributed by atoms with Crippen molar-refractivity contribution in [3.63, 3.8) is 0 Å². The number of hydrogen-bond donors (Lipinski definition) is 2. The standard InChI is InChI=1S/C10H15N3O/c1-7-4-5-8(12-7)10(2)11-6-9(14)13(10)3/h4-5,11-12H,6H2,1-3H3. The minimum atomic E-state index is -0.384. The van der Waals surface area contributed by atoms with E-state index >= 15 is 0 Å². The lowest BCUT2D eigenvalue weighted by Crippen LogP contribution is -2.45. The predicted molar refractivity (Wildman–Crippen MR) is 53.7 cm³/mol. The molecule has 4 nitrogen and oxygen atoms in total. The number of aromatic amines is 1. The van der Waals surface area contributed by atoms with Gasteiger partial charge in [-0.15, -0.1) is 0 Å². The number of nitrogens with one attached hydrogen (secondary N) is 2. The Morgan fingerprint density at radius 3 is 2.64 bits per heavy atom. The summed E-state index contributed by atoms with van der Waals surface area (Å²) in [6, 6.07) is 4.02. The lowest BCUT2D eigenvalue weighted by molar-refractivity contribution is -0.128. The van der Waals surface area contributed by atoms with Crippen molar-refractivity contribution in [3.8, 4) is 0 Å². The van der Waals surface area contributed by atoms with Crippen LogP contribution in [0.25, 0.3) is 0 Å². The fraction of sp³-hybridized carbons (Fsp3) is 0.500. The minimum Gasteiger partial charge on any atom is -0.359 e. The van der Waals surface area contributed by atoms with Gasteiger partial charge in [-0.1, -0.05) is 0 Å². The first kappa shape index (κ1) is 9.27. The zero-order valence-electron chi connectivity index (χ0n) is 8.72. The maximum Gasteiger partial charge on any atom is 0.238 e. The van der Waals surface area contributed by atoms with Gasteiger partial charge in [-0.2, -0.15) is 0 Å². The summed E-state index contributed by atoms with van der Waals surface area (Å²) < 4.78 is 0. The molecule has 1 aromatic rings. The fourth-order valence-corrected chi connectivity index (χ4v) is 1.80. The van der Waals surface area contributed by atoms with Crippen LogP contribution in [0.2, 0.25) is 0 Å². The van der Waals surface area contributed by atoms with E-state index < -0.39 is 0 Å². The highest BCUT2D eigenvalue weighted by Gasteiger charge is 2.40. The molecule has 0 aliphatic carbocycles. The first-order valence-corrected chi connectivity index (χ1v) is 4.72. The molecular formula is C10H15N3O. The lowest BCUT2D eigenvalue weighted by atomic mass is 10.1. The number of aryl methyl sites for hydroxylation is 1. The highest BCUT2D eigenvalue weighted by Crippen LogP contribution is 2.26. The molecule has 1 aliphatic heterocycles. The number of rotatable bonds is 1. The third kappa shape index (κ3) is 1.14. The summed E-state index contributed by atoms with van der Waals surface area (Å²) in [6.07, 6.45) is 0. The Morgan fingerprint density at radius 2 is 2.21 bits per heavy atom. The summed E-state index contributed by atoms with van der Waals surface area (Å²) in [5.41, 5.74) is 1.75. The van der Waals surface area contributed by atoms with Gasteiger partial charge in [0.05, 0.1) is 12.2 Å². The molecule has 1 atom stereocenters. The van der Waals surface area contributed by atoms with Gasteiger partial charge in [0.25, 0.3) is 0 Å². The van der Waals surface area contributed by atoms with Crippen LogP contribution >= 0.6 is 0 Å². The summed E-state index contributed by atoms with van der Waals surface area (Å²) in [5, 5.41) is 3.21. The van der Waals surface area contributed by atoms with E-state index in [1.807, 2.05) is 33.0 Å². The zero-order valence-corrected chi connectivity index (χ0v) is 8.72. The summed E-state index contributed by atoms with van der Waals surface area (Å²) in [5.74, 6) is 0.125. The van der Waals surface area contributed by atoms with Gasteiger partial charge >= 0.3 is 0 Å². The molecule has 2 heterocycles. The highest BCUT2D eigenvalue weighted by atomic mass is 16.2. The SMILES string of the molecule is Cc1ccc(C2(C)NCC(=O)N2C)[nH]1. The maximum atomic E-state index is 11.4. The fourth-order valence-electron chi connectivity index (χ4n) is 1.80. The number of hydrogen-bond acceptors (Lipinski definition) is 2. The van der Waals surface area contributed by atoms with Crippen molar-refractivity contribution in [1.82, 2.24) is 15.2 Å². The molecule has 1 fully saturated rings. The van der Waals surface area contributed by atoms with E-state index in [1.165, 1.54) is 0 Å². The first-order chi connectivity index (χ1) is 6.54. The molecule has 0 radical (unpaired) electrons. The molecular weight excluding hydrogens is 178 g/mol. The summed E-state index contributed by atoms with van der Waals surface area (Å²) in [6.45, 7) is 4.41. The smallest absolute Gasteiger partial charge is 0.238 e. The van der Waals surface area contributed by atoms with Crippen LogP contribution < -0.4 is 5.32 Å². The maximum absolute atomic E-state index is 11.4. The molecule has 0 saturated carbocycles. The number of carbonyl (C=O) groups excluding carboxylic acids is 1. The molecule has 1 aliphatic rings. The van der Waals surface area contributed by atoms with Gasteiger partial charge in [-0.3, -0.25) is 10.1 Å². The topological polar surface area (TPSA) is 48.1 Å². The largest absolute Gasteiger partial charge is 0.359 e. The van der Waals surface area contributed by atoms with Gasteiger partial charge in [-0.05, 0) is 26.0 Å².